The molecule has 25 heavy (non-hydrogen) atoms. The van der Waals surface area contributed by atoms with Crippen LogP contribution >= 0.6 is 0 Å². The number of aryl methyl sites for hydroxylation is 1. The van der Waals surface area contributed by atoms with E-state index in [1.165, 1.54) is 0 Å². The molecule has 0 bridgehead atoms. The highest BCUT2D eigenvalue weighted by molar-refractivity contribution is 5.81. The normalized spacial score (nSPS) is 10.3. The topological polar surface area (TPSA) is 71.9 Å². The van der Waals surface area contributed by atoms with Crippen LogP contribution in [0.1, 0.15) is 18.1 Å². The van der Waals surface area contributed by atoms with Crippen molar-refractivity contribution in [3.05, 3.63) is 65.7 Å². The van der Waals surface area contributed by atoms with Crippen LogP contribution in [-0.2, 0) is 0 Å². The first-order valence-corrected chi connectivity index (χ1v) is 8.14. The highest BCUT2D eigenvalue weighted by Crippen LogP contribution is 2.33. The van der Waals surface area contributed by atoms with Gasteiger partial charge in [0.1, 0.15) is 23.2 Å². The molecule has 0 aliphatic heterocycles. The average molecular weight is 329 g/mol. The van der Waals surface area contributed by atoms with Gasteiger partial charge in [0.25, 0.3) is 0 Å². The van der Waals surface area contributed by atoms with Crippen LogP contribution in [0.15, 0.2) is 54.6 Å². The van der Waals surface area contributed by atoms with Gasteiger partial charge >= 0.3 is 0 Å². The van der Waals surface area contributed by atoms with Gasteiger partial charge in [-0.15, -0.1) is 0 Å². The van der Waals surface area contributed by atoms with E-state index in [1.54, 1.807) is 0 Å². The minimum atomic E-state index is 0.243. The molecular formula is C21H19N3O. The monoisotopic (exact) mass is 329 g/mol. The second-order valence-corrected chi connectivity index (χ2v) is 5.70. The third kappa shape index (κ3) is 3.31. The molecule has 0 radical (unpaired) electrons. The van der Waals surface area contributed by atoms with E-state index in [0.29, 0.717) is 12.2 Å². The Balaban J connectivity index is 2.14. The Hall–Kier alpha value is -3.32. The van der Waals surface area contributed by atoms with E-state index in [1.807, 2.05) is 68.4 Å². The first-order valence-electron chi connectivity index (χ1n) is 8.14. The van der Waals surface area contributed by atoms with E-state index in [0.717, 1.165) is 33.7 Å². The molecule has 4 heteroatoms. The molecule has 3 aromatic rings. The van der Waals surface area contributed by atoms with Crippen LogP contribution in [0.4, 0.5) is 5.82 Å². The zero-order valence-corrected chi connectivity index (χ0v) is 14.3. The van der Waals surface area contributed by atoms with Gasteiger partial charge in [-0.2, -0.15) is 5.26 Å². The van der Waals surface area contributed by atoms with Crippen molar-refractivity contribution in [1.29, 1.82) is 5.26 Å². The smallest absolute Gasteiger partial charge is 0.142 e. The highest BCUT2D eigenvalue weighted by atomic mass is 16.5. The quantitative estimate of drug-likeness (QED) is 0.760. The van der Waals surface area contributed by atoms with E-state index in [-0.39, 0.29) is 5.82 Å². The van der Waals surface area contributed by atoms with E-state index >= 15 is 0 Å². The molecule has 0 spiro atoms. The van der Waals surface area contributed by atoms with Crippen molar-refractivity contribution in [1.82, 2.24) is 4.98 Å². The van der Waals surface area contributed by atoms with Gasteiger partial charge in [-0.1, -0.05) is 24.3 Å². The summed E-state index contributed by atoms with van der Waals surface area (Å²) in [5.74, 6) is 1.05. The predicted octanol–water partition coefficient (Wildman–Crippen LogP) is 4.58. The van der Waals surface area contributed by atoms with Crippen molar-refractivity contribution in [2.45, 2.75) is 13.8 Å². The summed E-state index contributed by atoms with van der Waals surface area (Å²) < 4.78 is 5.48. The lowest BCUT2D eigenvalue weighted by Gasteiger charge is -2.12. The van der Waals surface area contributed by atoms with Crippen molar-refractivity contribution in [2.24, 2.45) is 0 Å². The molecule has 124 valence electrons. The van der Waals surface area contributed by atoms with E-state index < -0.39 is 0 Å². The number of hydrogen-bond acceptors (Lipinski definition) is 4. The number of nitrogen functional groups attached to an aromatic ring is 1. The van der Waals surface area contributed by atoms with Crippen LogP contribution in [0.5, 0.6) is 5.75 Å². The minimum absolute atomic E-state index is 0.243. The largest absolute Gasteiger partial charge is 0.494 e. The summed E-state index contributed by atoms with van der Waals surface area (Å²) in [6.45, 7) is 4.59. The van der Waals surface area contributed by atoms with Gasteiger partial charge in [-0.05, 0) is 55.3 Å². The number of nitrogens with two attached hydrogens (primary N) is 1. The Kier molecular flexibility index (Phi) is 4.67. The van der Waals surface area contributed by atoms with Crippen LogP contribution in [0.2, 0.25) is 0 Å². The number of nitriles is 1. The van der Waals surface area contributed by atoms with Gasteiger partial charge in [-0.25, -0.2) is 4.98 Å². The number of benzene rings is 2. The van der Waals surface area contributed by atoms with Gasteiger partial charge in [0.2, 0.25) is 0 Å². The standard InChI is InChI=1S/C21H19N3O/c1-3-25-16-10-8-15(9-11-16)20-12-18(19(13-22)21(23)24-20)17-7-5-4-6-14(17)2/h4-12H,3H2,1-2H3,(H2,23,24). The number of nitrogens with zero attached hydrogens (tertiary/aromatic N) is 2. The van der Waals surface area contributed by atoms with Crippen molar-refractivity contribution in [3.63, 3.8) is 0 Å². The molecule has 0 saturated carbocycles. The van der Waals surface area contributed by atoms with E-state index in [9.17, 15) is 5.26 Å². The molecule has 0 amide bonds. The molecule has 0 saturated heterocycles. The fraction of sp³-hybridized carbons (Fsp3) is 0.143. The van der Waals surface area contributed by atoms with E-state index in [4.69, 9.17) is 10.5 Å². The highest BCUT2D eigenvalue weighted by Gasteiger charge is 2.14. The molecular weight excluding hydrogens is 310 g/mol. The third-order valence-corrected chi connectivity index (χ3v) is 4.06. The lowest BCUT2D eigenvalue weighted by molar-refractivity contribution is 0.340. The molecule has 0 fully saturated rings. The molecule has 2 aromatic carbocycles. The first-order chi connectivity index (χ1) is 12.1. The predicted molar refractivity (Wildman–Crippen MR) is 100 cm³/mol. The fourth-order valence-electron chi connectivity index (χ4n) is 2.81. The number of rotatable bonds is 4. The molecule has 2 N–H and O–H groups in total. The first kappa shape index (κ1) is 16.5. The summed E-state index contributed by atoms with van der Waals surface area (Å²) >= 11 is 0. The summed E-state index contributed by atoms with van der Waals surface area (Å²) in [4.78, 5) is 4.42. The Morgan fingerprint density at radius 3 is 2.44 bits per heavy atom. The Morgan fingerprint density at radius 1 is 1.08 bits per heavy atom. The Labute approximate surface area is 147 Å². The number of anilines is 1. The van der Waals surface area contributed by atoms with Gasteiger partial charge in [-0.3, -0.25) is 0 Å². The maximum Gasteiger partial charge on any atom is 0.142 e. The number of ether oxygens (including phenoxy) is 1. The lowest BCUT2D eigenvalue weighted by atomic mass is 9.95. The maximum atomic E-state index is 9.52. The van der Waals surface area contributed by atoms with Crippen molar-refractivity contribution in [3.8, 4) is 34.2 Å². The summed E-state index contributed by atoms with van der Waals surface area (Å²) in [5, 5.41) is 9.52. The maximum absolute atomic E-state index is 9.52. The molecule has 0 aliphatic rings. The molecule has 1 heterocycles. The van der Waals surface area contributed by atoms with E-state index in [2.05, 4.69) is 11.1 Å². The molecule has 4 nitrogen and oxygen atoms in total. The summed E-state index contributed by atoms with van der Waals surface area (Å²) in [6.07, 6.45) is 0. The van der Waals surface area contributed by atoms with Crippen LogP contribution in [0.3, 0.4) is 0 Å². The molecule has 3 rings (SSSR count). The van der Waals surface area contributed by atoms with Gasteiger partial charge in [0, 0.05) is 11.1 Å². The summed E-state index contributed by atoms with van der Waals surface area (Å²) in [7, 11) is 0. The molecule has 0 unspecified atom stereocenters. The van der Waals surface area contributed by atoms with Crippen LogP contribution in [0, 0.1) is 18.3 Å². The van der Waals surface area contributed by atoms with Crippen molar-refractivity contribution >= 4 is 5.82 Å². The third-order valence-electron chi connectivity index (χ3n) is 4.06. The van der Waals surface area contributed by atoms with Gasteiger partial charge in [0.15, 0.2) is 0 Å². The SMILES string of the molecule is CCOc1ccc(-c2cc(-c3ccccc3C)c(C#N)c(N)n2)cc1. The number of pyridine rings is 1. The van der Waals surface area contributed by atoms with Crippen molar-refractivity contribution < 1.29 is 4.74 Å². The zero-order valence-electron chi connectivity index (χ0n) is 14.3. The zero-order chi connectivity index (χ0) is 17.8. The summed E-state index contributed by atoms with van der Waals surface area (Å²) in [6, 6.07) is 19.8. The van der Waals surface area contributed by atoms with Gasteiger partial charge in [0.05, 0.1) is 12.3 Å². The van der Waals surface area contributed by atoms with Crippen LogP contribution < -0.4 is 10.5 Å². The average Bonchev–Trinajstić information content (AvgIpc) is 2.62. The Morgan fingerprint density at radius 2 is 1.80 bits per heavy atom. The molecule has 0 atom stereocenters. The second-order valence-electron chi connectivity index (χ2n) is 5.70. The molecule has 0 aliphatic carbocycles. The summed E-state index contributed by atoms with van der Waals surface area (Å²) in [5.41, 5.74) is 11.0. The van der Waals surface area contributed by atoms with Gasteiger partial charge < -0.3 is 10.5 Å². The van der Waals surface area contributed by atoms with Crippen molar-refractivity contribution in [2.75, 3.05) is 12.3 Å². The Bertz CT molecular complexity index is 940. The number of hydrogen-bond donors (Lipinski definition) is 1. The number of aromatic nitrogens is 1. The lowest BCUT2D eigenvalue weighted by Crippen LogP contribution is -2.00. The molecule has 1 aromatic heterocycles. The minimum Gasteiger partial charge on any atom is -0.494 e. The fourth-order valence-corrected chi connectivity index (χ4v) is 2.81. The second kappa shape index (κ2) is 7.06. The van der Waals surface area contributed by atoms with Crippen LogP contribution in [0.25, 0.3) is 22.4 Å². The van der Waals surface area contributed by atoms with Crippen LogP contribution in [-0.4, -0.2) is 11.6 Å².